The first kappa shape index (κ1) is 13.4. The Balaban J connectivity index is 2.30. The summed E-state index contributed by atoms with van der Waals surface area (Å²) >= 11 is 0. The minimum atomic E-state index is -4.53. The molecule has 0 unspecified atom stereocenters. The summed E-state index contributed by atoms with van der Waals surface area (Å²) in [6.45, 7) is 0. The molecular weight excluding hydrogens is 283 g/mol. The molecular formula is C10H8F3N3O2S. The molecule has 1 aromatic carbocycles. The average molecular weight is 291 g/mol. The van der Waals surface area contributed by atoms with E-state index in [4.69, 9.17) is 0 Å². The highest BCUT2D eigenvalue weighted by molar-refractivity contribution is 7.92. The van der Waals surface area contributed by atoms with Crippen LogP contribution in [-0.4, -0.2) is 18.6 Å². The number of aromatic amines is 1. The normalized spacial score (nSPS) is 12.4. The van der Waals surface area contributed by atoms with Crippen LogP contribution in [0.4, 0.5) is 18.9 Å². The Morgan fingerprint density at radius 3 is 2.58 bits per heavy atom. The molecule has 2 aromatic rings. The number of anilines is 1. The van der Waals surface area contributed by atoms with Crippen molar-refractivity contribution in [2.75, 3.05) is 4.72 Å². The fraction of sp³-hybridized carbons (Fsp3) is 0.100. The molecule has 0 bridgehead atoms. The van der Waals surface area contributed by atoms with E-state index < -0.39 is 21.8 Å². The van der Waals surface area contributed by atoms with Gasteiger partial charge in [-0.25, -0.2) is 8.42 Å². The van der Waals surface area contributed by atoms with Gasteiger partial charge < -0.3 is 0 Å². The van der Waals surface area contributed by atoms with Crippen LogP contribution in [0.3, 0.4) is 0 Å². The number of H-pyrrole nitrogens is 1. The van der Waals surface area contributed by atoms with Crippen molar-refractivity contribution >= 4 is 15.7 Å². The lowest BCUT2D eigenvalue weighted by Gasteiger charge is -2.10. The topological polar surface area (TPSA) is 74.8 Å². The molecule has 2 rings (SSSR count). The summed E-state index contributed by atoms with van der Waals surface area (Å²) in [5, 5.41) is 5.77. The summed E-state index contributed by atoms with van der Waals surface area (Å²) in [5.41, 5.74) is -1.10. The van der Waals surface area contributed by atoms with Crippen molar-refractivity contribution in [2.45, 2.75) is 11.1 Å². The fourth-order valence-electron chi connectivity index (χ4n) is 1.36. The molecule has 0 aliphatic carbocycles. The van der Waals surface area contributed by atoms with Gasteiger partial charge in [0, 0.05) is 11.9 Å². The number of alkyl halides is 3. The molecule has 5 nitrogen and oxygen atoms in total. The molecule has 9 heteroatoms. The Morgan fingerprint density at radius 2 is 2.00 bits per heavy atom. The van der Waals surface area contributed by atoms with Gasteiger partial charge in [0.1, 0.15) is 4.90 Å². The highest BCUT2D eigenvalue weighted by atomic mass is 32.2. The van der Waals surface area contributed by atoms with Crippen molar-refractivity contribution in [3.05, 3.63) is 42.2 Å². The number of halogens is 3. The Labute approximate surface area is 106 Å². The Kier molecular flexibility index (Phi) is 3.23. The van der Waals surface area contributed by atoms with E-state index in [1.165, 1.54) is 6.07 Å². The smallest absolute Gasteiger partial charge is 0.284 e. The van der Waals surface area contributed by atoms with Crippen LogP contribution in [0.2, 0.25) is 0 Å². The average Bonchev–Trinajstić information content (AvgIpc) is 2.81. The van der Waals surface area contributed by atoms with E-state index in [0.29, 0.717) is 0 Å². The Morgan fingerprint density at radius 1 is 1.26 bits per heavy atom. The van der Waals surface area contributed by atoms with E-state index in [-0.39, 0.29) is 10.6 Å². The maximum Gasteiger partial charge on any atom is 0.416 e. The monoisotopic (exact) mass is 291 g/mol. The first-order chi connectivity index (χ1) is 8.79. The quantitative estimate of drug-likeness (QED) is 0.910. The van der Waals surface area contributed by atoms with Crippen LogP contribution in [0.15, 0.2) is 41.6 Å². The second kappa shape index (κ2) is 4.57. The SMILES string of the molecule is O=S(=O)(Nc1cccc(C(F)(F)F)c1)c1cn[nH]c1. The number of aromatic nitrogens is 2. The van der Waals surface area contributed by atoms with Gasteiger partial charge in [0.05, 0.1) is 11.8 Å². The van der Waals surface area contributed by atoms with Crippen molar-refractivity contribution in [1.29, 1.82) is 0 Å². The molecule has 0 aliphatic heterocycles. The molecule has 1 heterocycles. The van der Waals surface area contributed by atoms with E-state index >= 15 is 0 Å². The summed E-state index contributed by atoms with van der Waals surface area (Å²) in [4.78, 5) is -0.162. The molecule has 0 spiro atoms. The van der Waals surface area contributed by atoms with Gasteiger partial charge in [-0.3, -0.25) is 9.82 Å². The molecule has 1 aromatic heterocycles. The standard InChI is InChI=1S/C10H8F3N3O2S/c11-10(12,13)7-2-1-3-8(4-7)16-19(17,18)9-5-14-15-6-9/h1-6,16H,(H,14,15). The second-order valence-corrected chi connectivity index (χ2v) is 5.30. The van der Waals surface area contributed by atoms with Crippen LogP contribution in [0.25, 0.3) is 0 Å². The van der Waals surface area contributed by atoms with E-state index in [2.05, 4.69) is 10.2 Å². The van der Waals surface area contributed by atoms with Gasteiger partial charge in [-0.15, -0.1) is 0 Å². The third-order valence-corrected chi connectivity index (χ3v) is 3.57. The Hall–Kier alpha value is -2.03. The predicted octanol–water partition coefficient (Wildman–Crippen LogP) is 2.23. The maximum atomic E-state index is 12.5. The van der Waals surface area contributed by atoms with Gasteiger partial charge in [-0.1, -0.05) is 6.07 Å². The van der Waals surface area contributed by atoms with Gasteiger partial charge in [-0.2, -0.15) is 18.3 Å². The zero-order valence-corrected chi connectivity index (χ0v) is 10.1. The highest BCUT2D eigenvalue weighted by Gasteiger charge is 2.30. The minimum Gasteiger partial charge on any atom is -0.284 e. The molecule has 0 atom stereocenters. The van der Waals surface area contributed by atoms with Gasteiger partial charge in [0.2, 0.25) is 0 Å². The van der Waals surface area contributed by atoms with Gasteiger partial charge in [0.15, 0.2) is 0 Å². The number of nitrogens with one attached hydrogen (secondary N) is 2. The van der Waals surface area contributed by atoms with Crippen LogP contribution < -0.4 is 4.72 Å². The summed E-state index contributed by atoms with van der Waals surface area (Å²) < 4.78 is 63.0. The molecule has 102 valence electrons. The predicted molar refractivity (Wildman–Crippen MR) is 60.8 cm³/mol. The minimum absolute atomic E-state index is 0.162. The Bertz CT molecular complexity index is 666. The molecule has 0 saturated heterocycles. The van der Waals surface area contributed by atoms with Crippen molar-refractivity contribution in [2.24, 2.45) is 0 Å². The summed E-state index contributed by atoms with van der Waals surface area (Å²) in [6.07, 6.45) is -2.36. The van der Waals surface area contributed by atoms with Crippen molar-refractivity contribution in [3.8, 4) is 0 Å². The fourth-order valence-corrected chi connectivity index (χ4v) is 2.31. The van der Waals surface area contributed by atoms with Crippen LogP contribution in [0.5, 0.6) is 0 Å². The van der Waals surface area contributed by atoms with E-state index in [1.54, 1.807) is 0 Å². The molecule has 0 saturated carbocycles. The highest BCUT2D eigenvalue weighted by Crippen LogP contribution is 2.31. The van der Waals surface area contributed by atoms with Crippen LogP contribution in [-0.2, 0) is 16.2 Å². The summed E-state index contributed by atoms with van der Waals surface area (Å²) in [5.74, 6) is 0. The summed E-state index contributed by atoms with van der Waals surface area (Å²) in [7, 11) is -3.94. The van der Waals surface area contributed by atoms with E-state index in [9.17, 15) is 21.6 Å². The van der Waals surface area contributed by atoms with E-state index in [0.717, 1.165) is 30.6 Å². The number of nitrogens with zero attached hydrogens (tertiary/aromatic N) is 1. The lowest BCUT2D eigenvalue weighted by Crippen LogP contribution is -2.13. The van der Waals surface area contributed by atoms with Gasteiger partial charge >= 0.3 is 6.18 Å². The lowest BCUT2D eigenvalue weighted by molar-refractivity contribution is -0.137. The zero-order valence-electron chi connectivity index (χ0n) is 9.27. The van der Waals surface area contributed by atoms with E-state index in [1.807, 2.05) is 4.72 Å². The number of benzene rings is 1. The molecule has 0 radical (unpaired) electrons. The largest absolute Gasteiger partial charge is 0.416 e. The number of hydrogen-bond acceptors (Lipinski definition) is 3. The molecule has 0 fully saturated rings. The molecule has 2 N–H and O–H groups in total. The molecule has 19 heavy (non-hydrogen) atoms. The van der Waals surface area contributed by atoms with Gasteiger partial charge in [-0.05, 0) is 18.2 Å². The summed E-state index contributed by atoms with van der Waals surface area (Å²) in [6, 6.07) is 3.93. The number of hydrogen-bond donors (Lipinski definition) is 2. The second-order valence-electron chi connectivity index (χ2n) is 3.62. The third-order valence-electron chi connectivity index (χ3n) is 2.23. The first-order valence-corrected chi connectivity index (χ1v) is 6.46. The lowest BCUT2D eigenvalue weighted by atomic mass is 10.2. The van der Waals surface area contributed by atoms with Crippen LogP contribution in [0, 0.1) is 0 Å². The third kappa shape index (κ3) is 3.05. The van der Waals surface area contributed by atoms with Crippen molar-refractivity contribution < 1.29 is 21.6 Å². The number of sulfonamides is 1. The number of rotatable bonds is 3. The van der Waals surface area contributed by atoms with Crippen molar-refractivity contribution in [1.82, 2.24) is 10.2 Å². The van der Waals surface area contributed by atoms with Crippen molar-refractivity contribution in [3.63, 3.8) is 0 Å². The van der Waals surface area contributed by atoms with Crippen LogP contribution >= 0.6 is 0 Å². The zero-order chi connectivity index (χ0) is 14.1. The molecule has 0 amide bonds. The maximum absolute atomic E-state index is 12.5. The van der Waals surface area contributed by atoms with Crippen LogP contribution in [0.1, 0.15) is 5.56 Å². The van der Waals surface area contributed by atoms with Gasteiger partial charge in [0.25, 0.3) is 10.0 Å². The first-order valence-electron chi connectivity index (χ1n) is 4.98. The molecule has 0 aliphatic rings.